The topological polar surface area (TPSA) is 56.9 Å². The van der Waals surface area contributed by atoms with Crippen molar-refractivity contribution in [3.05, 3.63) is 65.4 Å². The minimum Gasteiger partial charge on any atom is -0.361 e. The van der Waals surface area contributed by atoms with Crippen molar-refractivity contribution < 1.29 is 4.79 Å². The van der Waals surface area contributed by atoms with E-state index in [4.69, 9.17) is 0 Å². The number of carbonyl (C=O) groups excluding carboxylic acids is 1. The summed E-state index contributed by atoms with van der Waals surface area (Å²) < 4.78 is 0. The maximum absolute atomic E-state index is 12.4. The lowest BCUT2D eigenvalue weighted by Gasteiger charge is -2.14. The Morgan fingerprint density at radius 1 is 0.926 bits per heavy atom. The molecule has 1 heterocycles. The summed E-state index contributed by atoms with van der Waals surface area (Å²) in [7, 11) is 0. The third-order valence-corrected chi connectivity index (χ3v) is 5.04. The fourth-order valence-corrected chi connectivity index (χ4v) is 3.49. The van der Waals surface area contributed by atoms with Gasteiger partial charge < -0.3 is 15.6 Å². The molecule has 0 aliphatic heterocycles. The first-order valence-electron chi connectivity index (χ1n) is 9.89. The van der Waals surface area contributed by atoms with Crippen LogP contribution >= 0.6 is 0 Å². The number of aromatic nitrogens is 1. The van der Waals surface area contributed by atoms with Gasteiger partial charge in [-0.05, 0) is 48.6 Å². The van der Waals surface area contributed by atoms with Gasteiger partial charge in [0.2, 0.25) is 5.91 Å². The molecule has 0 aliphatic carbocycles. The zero-order valence-electron chi connectivity index (χ0n) is 16.3. The molecule has 0 saturated carbocycles. The molecule has 1 aromatic heterocycles. The molecule has 1 amide bonds. The van der Waals surface area contributed by atoms with Crippen molar-refractivity contribution in [2.75, 3.05) is 18.4 Å². The summed E-state index contributed by atoms with van der Waals surface area (Å²) >= 11 is 0. The highest BCUT2D eigenvalue weighted by atomic mass is 16.1. The zero-order chi connectivity index (χ0) is 19.1. The highest BCUT2D eigenvalue weighted by Crippen LogP contribution is 2.22. The van der Waals surface area contributed by atoms with E-state index in [9.17, 15) is 4.79 Å². The van der Waals surface area contributed by atoms with Crippen molar-refractivity contribution in [3.8, 4) is 0 Å². The van der Waals surface area contributed by atoms with E-state index in [2.05, 4.69) is 72.1 Å². The van der Waals surface area contributed by atoms with E-state index in [0.717, 1.165) is 31.5 Å². The Labute approximate surface area is 161 Å². The standard InChI is InChI=1S/C23H29N3O/c1-3-17-8-7-9-18(4-2)23(17)26-22(27)13-15-24-14-12-19-16-25-21-11-6-5-10-20(19)21/h5-11,16,24-25H,3-4,12-15H2,1-2H3,(H,26,27). The Balaban J connectivity index is 1.45. The van der Waals surface area contributed by atoms with Crippen LogP contribution in [-0.4, -0.2) is 24.0 Å². The van der Waals surface area contributed by atoms with E-state index in [1.165, 1.54) is 27.6 Å². The normalized spacial score (nSPS) is 11.0. The molecule has 0 bridgehead atoms. The number of aryl methyl sites for hydroxylation is 2. The van der Waals surface area contributed by atoms with Crippen molar-refractivity contribution in [2.45, 2.75) is 39.5 Å². The van der Waals surface area contributed by atoms with E-state index in [1.54, 1.807) is 0 Å². The van der Waals surface area contributed by atoms with Crippen LogP contribution in [-0.2, 0) is 24.1 Å². The Kier molecular flexibility index (Phi) is 6.66. The van der Waals surface area contributed by atoms with Gasteiger partial charge in [0, 0.05) is 35.8 Å². The van der Waals surface area contributed by atoms with E-state index < -0.39 is 0 Å². The molecule has 0 aliphatic rings. The molecule has 3 rings (SSSR count). The van der Waals surface area contributed by atoms with Crippen LogP contribution in [0.3, 0.4) is 0 Å². The maximum atomic E-state index is 12.4. The molecule has 0 fully saturated rings. The monoisotopic (exact) mass is 363 g/mol. The number of benzene rings is 2. The Morgan fingerprint density at radius 3 is 2.41 bits per heavy atom. The molecule has 2 aromatic carbocycles. The minimum absolute atomic E-state index is 0.0743. The minimum atomic E-state index is 0.0743. The van der Waals surface area contributed by atoms with Crippen LogP contribution in [0.1, 0.15) is 37.0 Å². The molecular weight excluding hydrogens is 334 g/mol. The van der Waals surface area contributed by atoms with Gasteiger partial charge in [0.25, 0.3) is 0 Å². The van der Waals surface area contributed by atoms with Crippen molar-refractivity contribution in [1.29, 1.82) is 0 Å². The average molecular weight is 364 g/mol. The molecule has 0 saturated heterocycles. The second-order valence-electron chi connectivity index (χ2n) is 6.82. The van der Waals surface area contributed by atoms with Crippen LogP contribution in [0.5, 0.6) is 0 Å². The summed E-state index contributed by atoms with van der Waals surface area (Å²) in [6.45, 7) is 5.79. The zero-order valence-corrected chi connectivity index (χ0v) is 16.3. The third-order valence-electron chi connectivity index (χ3n) is 5.04. The second-order valence-corrected chi connectivity index (χ2v) is 6.82. The SMILES string of the molecule is CCc1cccc(CC)c1NC(=O)CCNCCc1c[nH]c2ccccc12. The molecule has 4 heteroatoms. The van der Waals surface area contributed by atoms with Gasteiger partial charge >= 0.3 is 0 Å². The average Bonchev–Trinajstić information content (AvgIpc) is 3.11. The first-order chi connectivity index (χ1) is 13.2. The summed E-state index contributed by atoms with van der Waals surface area (Å²) in [4.78, 5) is 15.7. The molecule has 27 heavy (non-hydrogen) atoms. The number of hydrogen-bond acceptors (Lipinski definition) is 2. The maximum Gasteiger partial charge on any atom is 0.225 e. The smallest absolute Gasteiger partial charge is 0.225 e. The predicted molar refractivity (Wildman–Crippen MR) is 113 cm³/mol. The lowest BCUT2D eigenvalue weighted by molar-refractivity contribution is -0.116. The largest absolute Gasteiger partial charge is 0.361 e. The Bertz CT molecular complexity index is 875. The number of aromatic amines is 1. The fourth-order valence-electron chi connectivity index (χ4n) is 3.49. The third kappa shape index (κ3) is 4.77. The summed E-state index contributed by atoms with van der Waals surface area (Å²) in [5.41, 5.74) is 5.90. The lowest BCUT2D eigenvalue weighted by Crippen LogP contribution is -2.24. The van der Waals surface area contributed by atoms with Gasteiger partial charge in [0.15, 0.2) is 0 Å². The van der Waals surface area contributed by atoms with E-state index in [-0.39, 0.29) is 5.91 Å². The highest BCUT2D eigenvalue weighted by Gasteiger charge is 2.10. The van der Waals surface area contributed by atoms with Gasteiger partial charge in [0.1, 0.15) is 0 Å². The molecule has 3 N–H and O–H groups in total. The van der Waals surface area contributed by atoms with Crippen LogP contribution in [0.4, 0.5) is 5.69 Å². The quantitative estimate of drug-likeness (QED) is 0.492. The van der Waals surface area contributed by atoms with Gasteiger partial charge in [-0.25, -0.2) is 0 Å². The molecular formula is C23H29N3O. The predicted octanol–water partition coefficient (Wildman–Crippen LogP) is 4.45. The van der Waals surface area contributed by atoms with Crippen LogP contribution in [0.25, 0.3) is 10.9 Å². The van der Waals surface area contributed by atoms with Gasteiger partial charge in [-0.1, -0.05) is 50.2 Å². The van der Waals surface area contributed by atoms with Gasteiger partial charge in [-0.15, -0.1) is 0 Å². The first kappa shape index (κ1) is 19.2. The number of nitrogens with one attached hydrogen (secondary N) is 3. The van der Waals surface area contributed by atoms with Crippen LogP contribution in [0.2, 0.25) is 0 Å². The number of rotatable bonds is 9. The van der Waals surface area contributed by atoms with Crippen LogP contribution in [0, 0.1) is 0 Å². The van der Waals surface area contributed by atoms with Crippen molar-refractivity contribution in [3.63, 3.8) is 0 Å². The Morgan fingerprint density at radius 2 is 1.67 bits per heavy atom. The van der Waals surface area contributed by atoms with Crippen molar-refractivity contribution >= 4 is 22.5 Å². The van der Waals surface area contributed by atoms with Crippen molar-refractivity contribution in [2.24, 2.45) is 0 Å². The van der Waals surface area contributed by atoms with E-state index >= 15 is 0 Å². The number of para-hydroxylation sites is 2. The number of H-pyrrole nitrogens is 1. The van der Waals surface area contributed by atoms with Crippen LogP contribution < -0.4 is 10.6 Å². The molecule has 0 spiro atoms. The fraction of sp³-hybridized carbons (Fsp3) is 0.348. The number of carbonyl (C=O) groups is 1. The summed E-state index contributed by atoms with van der Waals surface area (Å²) in [6, 6.07) is 14.6. The van der Waals surface area contributed by atoms with Crippen LogP contribution in [0.15, 0.2) is 48.7 Å². The van der Waals surface area contributed by atoms with Gasteiger partial charge in [-0.3, -0.25) is 4.79 Å². The second kappa shape index (κ2) is 9.38. The lowest BCUT2D eigenvalue weighted by atomic mass is 10.0. The van der Waals surface area contributed by atoms with Crippen molar-refractivity contribution in [1.82, 2.24) is 10.3 Å². The molecule has 0 atom stereocenters. The first-order valence-corrected chi connectivity index (χ1v) is 9.89. The number of hydrogen-bond donors (Lipinski definition) is 3. The summed E-state index contributed by atoms with van der Waals surface area (Å²) in [6.07, 6.45) is 5.35. The molecule has 0 unspecified atom stereocenters. The number of fused-ring (bicyclic) bond motifs is 1. The summed E-state index contributed by atoms with van der Waals surface area (Å²) in [5, 5.41) is 7.79. The number of amides is 1. The molecule has 142 valence electrons. The number of anilines is 1. The van der Waals surface area contributed by atoms with E-state index in [0.29, 0.717) is 13.0 Å². The molecule has 0 radical (unpaired) electrons. The highest BCUT2D eigenvalue weighted by molar-refractivity contribution is 5.92. The van der Waals surface area contributed by atoms with Gasteiger partial charge in [-0.2, -0.15) is 0 Å². The van der Waals surface area contributed by atoms with Gasteiger partial charge in [0.05, 0.1) is 0 Å². The Hall–Kier alpha value is -2.59. The summed E-state index contributed by atoms with van der Waals surface area (Å²) in [5.74, 6) is 0.0743. The van der Waals surface area contributed by atoms with E-state index in [1.807, 2.05) is 6.07 Å². The molecule has 3 aromatic rings. The molecule has 4 nitrogen and oxygen atoms in total.